The Hall–Kier alpha value is -0.940. The molecule has 0 saturated carbocycles. The third-order valence-corrected chi connectivity index (χ3v) is 3.79. The van der Waals surface area contributed by atoms with Crippen LogP contribution in [0.3, 0.4) is 0 Å². The summed E-state index contributed by atoms with van der Waals surface area (Å²) in [6.07, 6.45) is 4.67. The SMILES string of the molecule is CCC(OCC(=O)N1CCCC1)c1ccc(Br)cn1. The first-order valence-electron chi connectivity index (χ1n) is 6.71. The molecule has 1 atom stereocenters. The number of ether oxygens (including phenoxy) is 1. The fourth-order valence-corrected chi connectivity index (χ4v) is 2.45. The van der Waals surface area contributed by atoms with E-state index in [1.165, 1.54) is 0 Å². The molecule has 0 radical (unpaired) electrons. The third kappa shape index (κ3) is 4.01. The number of carbonyl (C=O) groups is 1. The van der Waals surface area contributed by atoms with E-state index in [-0.39, 0.29) is 18.6 Å². The zero-order chi connectivity index (χ0) is 13.7. The van der Waals surface area contributed by atoms with E-state index in [2.05, 4.69) is 20.9 Å². The Balaban J connectivity index is 1.88. The van der Waals surface area contributed by atoms with Gasteiger partial charge in [-0.25, -0.2) is 0 Å². The summed E-state index contributed by atoms with van der Waals surface area (Å²) in [6, 6.07) is 3.87. The lowest BCUT2D eigenvalue weighted by Gasteiger charge is -2.19. The monoisotopic (exact) mass is 326 g/mol. The van der Waals surface area contributed by atoms with Gasteiger partial charge in [-0.3, -0.25) is 9.78 Å². The van der Waals surface area contributed by atoms with E-state index in [1.807, 2.05) is 24.0 Å². The zero-order valence-corrected chi connectivity index (χ0v) is 12.7. The van der Waals surface area contributed by atoms with E-state index >= 15 is 0 Å². The molecule has 1 aromatic heterocycles. The van der Waals surface area contributed by atoms with Crippen LogP contribution in [-0.4, -0.2) is 35.5 Å². The van der Waals surface area contributed by atoms with Crippen LogP contribution in [0.25, 0.3) is 0 Å². The van der Waals surface area contributed by atoms with Crippen LogP contribution < -0.4 is 0 Å². The van der Waals surface area contributed by atoms with Gasteiger partial charge in [0.05, 0.1) is 11.8 Å². The number of carbonyl (C=O) groups excluding carboxylic acids is 1. The second kappa shape index (κ2) is 7.01. The highest BCUT2D eigenvalue weighted by Gasteiger charge is 2.20. The minimum atomic E-state index is -0.111. The van der Waals surface area contributed by atoms with Crippen LogP contribution in [0.15, 0.2) is 22.8 Å². The van der Waals surface area contributed by atoms with Crippen molar-refractivity contribution in [2.45, 2.75) is 32.3 Å². The lowest BCUT2D eigenvalue weighted by molar-refractivity contribution is -0.137. The van der Waals surface area contributed by atoms with Crippen molar-refractivity contribution >= 4 is 21.8 Å². The van der Waals surface area contributed by atoms with E-state index in [0.717, 1.165) is 42.5 Å². The smallest absolute Gasteiger partial charge is 0.248 e. The van der Waals surface area contributed by atoms with Gasteiger partial charge in [0, 0.05) is 23.8 Å². The van der Waals surface area contributed by atoms with Crippen molar-refractivity contribution < 1.29 is 9.53 Å². The molecule has 0 N–H and O–H groups in total. The molecule has 2 heterocycles. The molecule has 4 nitrogen and oxygen atoms in total. The first kappa shape index (κ1) is 14.5. The third-order valence-electron chi connectivity index (χ3n) is 3.32. The number of hydrogen-bond donors (Lipinski definition) is 0. The quantitative estimate of drug-likeness (QED) is 0.835. The number of pyridine rings is 1. The average molecular weight is 327 g/mol. The molecule has 2 rings (SSSR count). The number of nitrogens with zero attached hydrogens (tertiary/aromatic N) is 2. The second-order valence-corrected chi connectivity index (χ2v) is 5.61. The Bertz CT molecular complexity index is 416. The molecule has 1 amide bonds. The van der Waals surface area contributed by atoms with E-state index in [4.69, 9.17) is 4.74 Å². The molecule has 1 aliphatic heterocycles. The van der Waals surface area contributed by atoms with Gasteiger partial charge in [0.1, 0.15) is 6.61 Å². The maximum absolute atomic E-state index is 11.9. The maximum atomic E-state index is 11.9. The first-order valence-corrected chi connectivity index (χ1v) is 7.51. The molecule has 1 unspecified atom stereocenters. The highest BCUT2D eigenvalue weighted by atomic mass is 79.9. The number of rotatable bonds is 5. The van der Waals surface area contributed by atoms with Gasteiger partial charge < -0.3 is 9.64 Å². The molecule has 1 saturated heterocycles. The molecular formula is C14H19BrN2O2. The number of likely N-dealkylation sites (tertiary alicyclic amines) is 1. The molecule has 1 fully saturated rings. The molecule has 1 aromatic rings. The standard InChI is InChI=1S/C14H19BrN2O2/c1-2-13(12-6-5-11(15)9-16-12)19-10-14(18)17-7-3-4-8-17/h5-6,9,13H,2-4,7-8,10H2,1H3. The fraction of sp³-hybridized carbons (Fsp3) is 0.571. The molecule has 0 spiro atoms. The Kier molecular flexibility index (Phi) is 5.34. The van der Waals surface area contributed by atoms with Gasteiger partial charge >= 0.3 is 0 Å². The van der Waals surface area contributed by atoms with Crippen molar-refractivity contribution in [3.8, 4) is 0 Å². The Morgan fingerprint density at radius 2 is 2.21 bits per heavy atom. The van der Waals surface area contributed by atoms with E-state index in [9.17, 15) is 4.79 Å². The van der Waals surface area contributed by atoms with Crippen molar-refractivity contribution in [1.29, 1.82) is 0 Å². The zero-order valence-electron chi connectivity index (χ0n) is 11.1. The predicted molar refractivity (Wildman–Crippen MR) is 76.7 cm³/mol. The lowest BCUT2D eigenvalue weighted by atomic mass is 10.2. The first-order chi connectivity index (χ1) is 9.20. The summed E-state index contributed by atoms with van der Waals surface area (Å²) in [5.74, 6) is 0.0908. The Labute approximate surface area is 122 Å². The number of halogens is 1. The van der Waals surface area contributed by atoms with Gasteiger partial charge in [0.25, 0.3) is 0 Å². The maximum Gasteiger partial charge on any atom is 0.248 e. The molecule has 19 heavy (non-hydrogen) atoms. The minimum Gasteiger partial charge on any atom is -0.362 e. The molecule has 104 valence electrons. The largest absolute Gasteiger partial charge is 0.362 e. The van der Waals surface area contributed by atoms with Crippen LogP contribution in [0.1, 0.15) is 38.0 Å². The van der Waals surface area contributed by atoms with Gasteiger partial charge in [-0.05, 0) is 47.3 Å². The van der Waals surface area contributed by atoms with Crippen molar-refractivity contribution in [2.75, 3.05) is 19.7 Å². The predicted octanol–water partition coefficient (Wildman–Crippen LogP) is 2.93. The normalized spacial score (nSPS) is 16.6. The summed E-state index contributed by atoms with van der Waals surface area (Å²) in [5, 5.41) is 0. The van der Waals surface area contributed by atoms with Crippen molar-refractivity contribution in [3.05, 3.63) is 28.5 Å². The summed E-state index contributed by atoms with van der Waals surface area (Å²) < 4.78 is 6.67. The van der Waals surface area contributed by atoms with Crippen LogP contribution in [0.4, 0.5) is 0 Å². The van der Waals surface area contributed by atoms with Gasteiger partial charge in [-0.15, -0.1) is 0 Å². The highest BCUT2D eigenvalue weighted by Crippen LogP contribution is 2.20. The summed E-state index contributed by atoms with van der Waals surface area (Å²) >= 11 is 3.36. The number of amides is 1. The lowest BCUT2D eigenvalue weighted by Crippen LogP contribution is -2.31. The van der Waals surface area contributed by atoms with Crippen LogP contribution in [0.2, 0.25) is 0 Å². The summed E-state index contributed by atoms with van der Waals surface area (Å²) in [7, 11) is 0. The van der Waals surface area contributed by atoms with E-state index in [1.54, 1.807) is 6.20 Å². The van der Waals surface area contributed by atoms with Gasteiger partial charge in [-0.1, -0.05) is 6.92 Å². The Morgan fingerprint density at radius 3 is 2.79 bits per heavy atom. The molecule has 0 aliphatic carbocycles. The van der Waals surface area contributed by atoms with Crippen LogP contribution in [-0.2, 0) is 9.53 Å². The summed E-state index contributed by atoms with van der Waals surface area (Å²) in [6.45, 7) is 3.93. The van der Waals surface area contributed by atoms with Crippen LogP contribution >= 0.6 is 15.9 Å². The highest BCUT2D eigenvalue weighted by molar-refractivity contribution is 9.10. The van der Waals surface area contributed by atoms with Crippen molar-refractivity contribution in [1.82, 2.24) is 9.88 Å². The van der Waals surface area contributed by atoms with Crippen molar-refractivity contribution in [2.24, 2.45) is 0 Å². The van der Waals surface area contributed by atoms with E-state index in [0.29, 0.717) is 0 Å². The van der Waals surface area contributed by atoms with Gasteiger partial charge in [0.15, 0.2) is 0 Å². The Morgan fingerprint density at radius 1 is 1.47 bits per heavy atom. The second-order valence-electron chi connectivity index (χ2n) is 4.70. The topological polar surface area (TPSA) is 42.4 Å². The summed E-state index contributed by atoms with van der Waals surface area (Å²) in [5.41, 5.74) is 0.875. The molecule has 0 bridgehead atoms. The summed E-state index contributed by atoms with van der Waals surface area (Å²) in [4.78, 5) is 18.1. The molecule has 0 aromatic carbocycles. The number of hydrogen-bond acceptors (Lipinski definition) is 3. The molecule has 1 aliphatic rings. The van der Waals surface area contributed by atoms with E-state index < -0.39 is 0 Å². The molecule has 5 heteroatoms. The van der Waals surface area contributed by atoms with Crippen LogP contribution in [0.5, 0.6) is 0 Å². The molecular weight excluding hydrogens is 308 g/mol. The fourth-order valence-electron chi connectivity index (χ4n) is 2.22. The van der Waals surface area contributed by atoms with Gasteiger partial charge in [-0.2, -0.15) is 0 Å². The average Bonchev–Trinajstić information content (AvgIpc) is 2.95. The van der Waals surface area contributed by atoms with Crippen LogP contribution in [0, 0.1) is 0 Å². The minimum absolute atomic E-state index is 0.0908. The van der Waals surface area contributed by atoms with Gasteiger partial charge in [0.2, 0.25) is 5.91 Å². The number of aromatic nitrogens is 1. The van der Waals surface area contributed by atoms with Crippen molar-refractivity contribution in [3.63, 3.8) is 0 Å².